The molecule has 0 spiro atoms. The zero-order chi connectivity index (χ0) is 13.5. The number of amidine groups is 1. The molecule has 4 nitrogen and oxygen atoms in total. The van der Waals surface area contributed by atoms with Gasteiger partial charge in [-0.05, 0) is 6.42 Å². The standard InChI is InChI=1S/C14H16N2O2S/c17-12(11-5-2-1-3-6-11)7-4-8-13(18)16-14-15-9-10-19-14/h1-3,5-6H,4,7-10H2,(H,15,16,18). The Bertz CT molecular complexity index is 485. The van der Waals surface area contributed by atoms with Crippen LogP contribution in [0.2, 0.25) is 0 Å². The van der Waals surface area contributed by atoms with Crippen LogP contribution in [0.3, 0.4) is 0 Å². The zero-order valence-electron chi connectivity index (χ0n) is 10.6. The van der Waals surface area contributed by atoms with Crippen molar-refractivity contribution in [3.63, 3.8) is 0 Å². The average Bonchev–Trinajstić information content (AvgIpc) is 2.92. The van der Waals surface area contributed by atoms with Gasteiger partial charge in [0.2, 0.25) is 5.91 Å². The van der Waals surface area contributed by atoms with Crippen LogP contribution in [0, 0.1) is 0 Å². The molecule has 0 bridgehead atoms. The quantitative estimate of drug-likeness (QED) is 0.839. The van der Waals surface area contributed by atoms with E-state index in [0.29, 0.717) is 30.0 Å². The van der Waals surface area contributed by atoms with E-state index < -0.39 is 0 Å². The number of ketones is 1. The van der Waals surface area contributed by atoms with Gasteiger partial charge in [0.15, 0.2) is 11.0 Å². The molecule has 0 aromatic heterocycles. The summed E-state index contributed by atoms with van der Waals surface area (Å²) in [4.78, 5) is 27.6. The predicted octanol–water partition coefficient (Wildman–Crippen LogP) is 2.26. The van der Waals surface area contributed by atoms with E-state index in [1.165, 1.54) is 0 Å². The van der Waals surface area contributed by atoms with Crippen molar-refractivity contribution in [2.24, 2.45) is 4.99 Å². The molecule has 5 heteroatoms. The van der Waals surface area contributed by atoms with E-state index in [2.05, 4.69) is 10.3 Å². The molecule has 1 amide bonds. The van der Waals surface area contributed by atoms with E-state index in [1.54, 1.807) is 23.9 Å². The highest BCUT2D eigenvalue weighted by molar-refractivity contribution is 8.14. The number of thioether (sulfide) groups is 1. The maximum absolute atomic E-state index is 11.8. The molecule has 0 unspecified atom stereocenters. The first-order chi connectivity index (χ1) is 9.25. The van der Waals surface area contributed by atoms with Crippen molar-refractivity contribution >= 4 is 28.6 Å². The van der Waals surface area contributed by atoms with Crippen molar-refractivity contribution in [3.05, 3.63) is 35.9 Å². The number of carbonyl (C=O) groups is 2. The Morgan fingerprint density at radius 2 is 2.00 bits per heavy atom. The van der Waals surface area contributed by atoms with Gasteiger partial charge in [0.1, 0.15) is 0 Å². The zero-order valence-corrected chi connectivity index (χ0v) is 11.4. The number of amides is 1. The Morgan fingerprint density at radius 1 is 1.21 bits per heavy atom. The molecule has 1 aliphatic rings. The van der Waals surface area contributed by atoms with Crippen LogP contribution in [0.5, 0.6) is 0 Å². The Balaban J connectivity index is 1.68. The molecule has 1 aromatic rings. The lowest BCUT2D eigenvalue weighted by Gasteiger charge is -2.03. The molecule has 0 saturated carbocycles. The van der Waals surface area contributed by atoms with Gasteiger partial charge >= 0.3 is 0 Å². The number of nitrogens with one attached hydrogen (secondary N) is 1. The van der Waals surface area contributed by atoms with Crippen LogP contribution in [0.15, 0.2) is 35.3 Å². The van der Waals surface area contributed by atoms with Crippen LogP contribution in [-0.4, -0.2) is 29.2 Å². The molecule has 1 N–H and O–H groups in total. The first-order valence-electron chi connectivity index (χ1n) is 6.31. The summed E-state index contributed by atoms with van der Waals surface area (Å²) >= 11 is 1.56. The molecular weight excluding hydrogens is 260 g/mol. The first kappa shape index (κ1) is 13.8. The Labute approximate surface area is 116 Å². The third-order valence-electron chi connectivity index (χ3n) is 2.74. The molecule has 0 atom stereocenters. The van der Waals surface area contributed by atoms with Crippen LogP contribution in [0.1, 0.15) is 29.6 Å². The summed E-state index contributed by atoms with van der Waals surface area (Å²) in [5.41, 5.74) is 0.707. The van der Waals surface area contributed by atoms with Gasteiger partial charge in [0.25, 0.3) is 0 Å². The maximum Gasteiger partial charge on any atom is 0.225 e. The number of Topliss-reactive ketones (excluding diaryl/α,β-unsaturated/α-hetero) is 1. The maximum atomic E-state index is 11.8. The third kappa shape index (κ3) is 4.52. The fourth-order valence-corrected chi connectivity index (χ4v) is 2.51. The fraction of sp³-hybridized carbons (Fsp3) is 0.357. The van der Waals surface area contributed by atoms with Gasteiger partial charge in [0.05, 0.1) is 6.54 Å². The molecule has 19 heavy (non-hydrogen) atoms. The van der Waals surface area contributed by atoms with E-state index in [0.717, 1.165) is 12.3 Å². The highest BCUT2D eigenvalue weighted by Gasteiger charge is 2.11. The van der Waals surface area contributed by atoms with Crippen LogP contribution >= 0.6 is 11.8 Å². The molecule has 0 saturated heterocycles. The number of hydrogen-bond donors (Lipinski definition) is 1. The van der Waals surface area contributed by atoms with Crippen molar-refractivity contribution in [2.75, 3.05) is 12.3 Å². The second kappa shape index (κ2) is 7.09. The number of nitrogens with zero attached hydrogens (tertiary/aromatic N) is 1. The summed E-state index contributed by atoms with van der Waals surface area (Å²) in [6.45, 7) is 0.771. The molecule has 0 fully saturated rings. The van der Waals surface area contributed by atoms with E-state index in [4.69, 9.17) is 0 Å². The number of carbonyl (C=O) groups excluding carboxylic acids is 2. The smallest absolute Gasteiger partial charge is 0.225 e. The Hall–Kier alpha value is -1.62. The minimum atomic E-state index is -0.0611. The van der Waals surface area contributed by atoms with Gasteiger partial charge in [-0.1, -0.05) is 42.1 Å². The lowest BCUT2D eigenvalue weighted by molar-refractivity contribution is -0.119. The number of rotatable bonds is 5. The van der Waals surface area contributed by atoms with Gasteiger partial charge in [0, 0.05) is 24.2 Å². The van der Waals surface area contributed by atoms with E-state index >= 15 is 0 Å². The van der Waals surface area contributed by atoms with Gasteiger partial charge in [-0.25, -0.2) is 0 Å². The van der Waals surface area contributed by atoms with Crippen molar-refractivity contribution in [1.82, 2.24) is 5.32 Å². The summed E-state index contributed by atoms with van der Waals surface area (Å²) in [5, 5.41) is 3.46. The SMILES string of the molecule is O=C(CCCC(=O)c1ccccc1)NC1=NCCS1. The minimum Gasteiger partial charge on any atom is -0.305 e. The third-order valence-corrected chi connectivity index (χ3v) is 3.63. The highest BCUT2D eigenvalue weighted by Crippen LogP contribution is 2.10. The van der Waals surface area contributed by atoms with Gasteiger partial charge in [-0.3, -0.25) is 14.6 Å². The van der Waals surface area contributed by atoms with Crippen molar-refractivity contribution in [1.29, 1.82) is 0 Å². The predicted molar refractivity (Wildman–Crippen MR) is 77.5 cm³/mol. The summed E-state index contributed by atoms with van der Waals surface area (Å²) < 4.78 is 0. The molecular formula is C14H16N2O2S. The number of hydrogen-bond acceptors (Lipinski definition) is 4. The largest absolute Gasteiger partial charge is 0.305 e. The average molecular weight is 276 g/mol. The van der Waals surface area contributed by atoms with E-state index in [1.807, 2.05) is 18.2 Å². The fourth-order valence-electron chi connectivity index (χ4n) is 1.77. The summed E-state index contributed by atoms with van der Waals surface area (Å²) in [5.74, 6) is 0.956. The molecule has 0 radical (unpaired) electrons. The molecule has 1 aliphatic heterocycles. The van der Waals surface area contributed by atoms with Crippen molar-refractivity contribution in [2.45, 2.75) is 19.3 Å². The first-order valence-corrected chi connectivity index (χ1v) is 7.29. The molecule has 1 aromatic carbocycles. The van der Waals surface area contributed by atoms with Crippen molar-refractivity contribution in [3.8, 4) is 0 Å². The topological polar surface area (TPSA) is 58.5 Å². The van der Waals surface area contributed by atoms with Crippen LogP contribution in [0.4, 0.5) is 0 Å². The lowest BCUT2D eigenvalue weighted by atomic mass is 10.1. The van der Waals surface area contributed by atoms with E-state index in [9.17, 15) is 9.59 Å². The van der Waals surface area contributed by atoms with Gasteiger partial charge < -0.3 is 5.32 Å². The molecule has 1 heterocycles. The van der Waals surface area contributed by atoms with Gasteiger partial charge in [-0.15, -0.1) is 0 Å². The summed E-state index contributed by atoms with van der Waals surface area (Å²) in [7, 11) is 0. The van der Waals surface area contributed by atoms with Crippen LogP contribution < -0.4 is 5.32 Å². The normalized spacial score (nSPS) is 14.0. The molecule has 100 valence electrons. The summed E-state index contributed by atoms with van der Waals surface area (Å²) in [6.07, 6.45) is 1.33. The minimum absolute atomic E-state index is 0.0611. The second-order valence-electron chi connectivity index (χ2n) is 4.23. The molecule has 0 aliphatic carbocycles. The Kier molecular flexibility index (Phi) is 5.15. The monoisotopic (exact) mass is 276 g/mol. The summed E-state index contributed by atoms with van der Waals surface area (Å²) in [6, 6.07) is 9.16. The van der Waals surface area contributed by atoms with Gasteiger partial charge in [-0.2, -0.15) is 0 Å². The second-order valence-corrected chi connectivity index (χ2v) is 5.31. The van der Waals surface area contributed by atoms with E-state index in [-0.39, 0.29) is 11.7 Å². The van der Waals surface area contributed by atoms with Crippen LogP contribution in [0.25, 0.3) is 0 Å². The number of aliphatic imine (C=N–C) groups is 1. The van der Waals surface area contributed by atoms with Crippen molar-refractivity contribution < 1.29 is 9.59 Å². The lowest BCUT2D eigenvalue weighted by Crippen LogP contribution is -2.27. The highest BCUT2D eigenvalue weighted by atomic mass is 32.2. The Morgan fingerprint density at radius 3 is 2.68 bits per heavy atom. The molecule has 2 rings (SSSR count). The van der Waals surface area contributed by atoms with Crippen LogP contribution in [-0.2, 0) is 4.79 Å². The number of benzene rings is 1.